The standard InChI is InChI=1S/C18H20O4/c1-21-16-4-2-3-13(9-16)18-11-15(20)10-17(22-18)12-5-7-14(19)8-6-12/h2-9,15,17-20H,10-11H2,1H3/t15-,17-,18+/m1/s1. The van der Waals surface area contributed by atoms with Crippen molar-refractivity contribution in [2.75, 3.05) is 7.11 Å². The topological polar surface area (TPSA) is 58.9 Å². The molecule has 2 aromatic rings. The van der Waals surface area contributed by atoms with Crippen molar-refractivity contribution in [1.82, 2.24) is 0 Å². The first-order valence-electron chi connectivity index (χ1n) is 7.42. The van der Waals surface area contributed by atoms with Crippen LogP contribution in [0, 0.1) is 0 Å². The molecule has 0 radical (unpaired) electrons. The van der Waals surface area contributed by atoms with Gasteiger partial charge in [0.15, 0.2) is 0 Å². The first kappa shape index (κ1) is 14.9. The zero-order valence-electron chi connectivity index (χ0n) is 12.5. The van der Waals surface area contributed by atoms with Gasteiger partial charge in [0, 0.05) is 12.8 Å². The average Bonchev–Trinajstić information content (AvgIpc) is 2.55. The molecule has 0 aliphatic carbocycles. The Hall–Kier alpha value is -2.04. The Bertz CT molecular complexity index is 623. The number of ether oxygens (including phenoxy) is 2. The van der Waals surface area contributed by atoms with E-state index in [2.05, 4.69) is 0 Å². The van der Waals surface area contributed by atoms with E-state index in [1.165, 1.54) is 0 Å². The number of rotatable bonds is 3. The highest BCUT2D eigenvalue weighted by Gasteiger charge is 2.30. The van der Waals surface area contributed by atoms with E-state index in [0.717, 1.165) is 16.9 Å². The molecule has 4 heteroatoms. The summed E-state index contributed by atoms with van der Waals surface area (Å²) in [5, 5.41) is 19.6. The van der Waals surface area contributed by atoms with E-state index in [9.17, 15) is 10.2 Å². The molecule has 1 aliphatic rings. The molecule has 0 unspecified atom stereocenters. The minimum absolute atomic E-state index is 0.169. The molecule has 2 aromatic carbocycles. The fourth-order valence-electron chi connectivity index (χ4n) is 2.86. The Morgan fingerprint density at radius 2 is 1.68 bits per heavy atom. The number of phenols is 1. The highest BCUT2D eigenvalue weighted by atomic mass is 16.5. The molecule has 2 N–H and O–H groups in total. The van der Waals surface area contributed by atoms with E-state index in [1.54, 1.807) is 19.2 Å². The zero-order valence-corrected chi connectivity index (χ0v) is 12.5. The molecule has 1 aliphatic heterocycles. The van der Waals surface area contributed by atoms with Gasteiger partial charge in [-0.1, -0.05) is 24.3 Å². The minimum Gasteiger partial charge on any atom is -0.508 e. The normalized spacial score (nSPS) is 24.9. The van der Waals surface area contributed by atoms with E-state index < -0.39 is 6.10 Å². The Morgan fingerprint density at radius 3 is 2.36 bits per heavy atom. The number of phenolic OH excluding ortho intramolecular Hbond substituents is 1. The van der Waals surface area contributed by atoms with Gasteiger partial charge < -0.3 is 19.7 Å². The van der Waals surface area contributed by atoms with Crippen molar-refractivity contribution < 1.29 is 19.7 Å². The smallest absolute Gasteiger partial charge is 0.119 e. The van der Waals surface area contributed by atoms with Crippen LogP contribution in [0.5, 0.6) is 11.5 Å². The quantitative estimate of drug-likeness (QED) is 0.912. The van der Waals surface area contributed by atoms with Crippen molar-refractivity contribution in [2.24, 2.45) is 0 Å². The van der Waals surface area contributed by atoms with Gasteiger partial charge in [-0.2, -0.15) is 0 Å². The summed E-state index contributed by atoms with van der Waals surface area (Å²) in [6.45, 7) is 0. The number of hydrogen-bond donors (Lipinski definition) is 2. The van der Waals surface area contributed by atoms with Gasteiger partial charge in [0.05, 0.1) is 25.4 Å². The second kappa shape index (κ2) is 6.38. The Labute approximate surface area is 129 Å². The summed E-state index contributed by atoms with van der Waals surface area (Å²) in [5.74, 6) is 1.01. The summed E-state index contributed by atoms with van der Waals surface area (Å²) in [4.78, 5) is 0. The molecule has 1 saturated heterocycles. The Balaban J connectivity index is 1.82. The molecule has 22 heavy (non-hydrogen) atoms. The van der Waals surface area contributed by atoms with Crippen molar-refractivity contribution in [2.45, 2.75) is 31.2 Å². The minimum atomic E-state index is -0.413. The summed E-state index contributed by atoms with van der Waals surface area (Å²) in [6.07, 6.45) is 0.370. The third-order valence-corrected chi connectivity index (χ3v) is 4.03. The van der Waals surface area contributed by atoms with Crippen molar-refractivity contribution in [3.63, 3.8) is 0 Å². The number of hydrogen-bond acceptors (Lipinski definition) is 4. The summed E-state index contributed by atoms with van der Waals surface area (Å²) in [6, 6.07) is 14.7. The van der Waals surface area contributed by atoms with Crippen LogP contribution in [0.4, 0.5) is 0 Å². The molecule has 3 atom stereocenters. The lowest BCUT2D eigenvalue weighted by Gasteiger charge is -2.34. The van der Waals surface area contributed by atoms with Crippen LogP contribution < -0.4 is 4.74 Å². The zero-order chi connectivity index (χ0) is 15.5. The fraction of sp³-hybridized carbons (Fsp3) is 0.333. The maximum atomic E-state index is 10.2. The van der Waals surface area contributed by atoms with Crippen molar-refractivity contribution in [1.29, 1.82) is 0 Å². The van der Waals surface area contributed by atoms with E-state index in [1.807, 2.05) is 36.4 Å². The van der Waals surface area contributed by atoms with Gasteiger partial charge in [-0.25, -0.2) is 0 Å². The van der Waals surface area contributed by atoms with Gasteiger partial charge in [0.1, 0.15) is 11.5 Å². The van der Waals surface area contributed by atoms with Crippen molar-refractivity contribution in [3.05, 3.63) is 59.7 Å². The van der Waals surface area contributed by atoms with Gasteiger partial charge in [0.25, 0.3) is 0 Å². The lowest BCUT2D eigenvalue weighted by atomic mass is 9.93. The second-order valence-electron chi connectivity index (χ2n) is 5.61. The maximum absolute atomic E-state index is 10.2. The summed E-state index contributed by atoms with van der Waals surface area (Å²) in [5.41, 5.74) is 1.96. The molecule has 0 amide bonds. The SMILES string of the molecule is COc1cccc([C@@H]2C[C@H](O)C[C@H](c3ccc(O)cc3)O2)c1. The van der Waals surface area contributed by atoms with E-state index in [0.29, 0.717) is 12.8 Å². The first-order valence-corrected chi connectivity index (χ1v) is 7.42. The lowest BCUT2D eigenvalue weighted by Crippen LogP contribution is -2.26. The van der Waals surface area contributed by atoms with Gasteiger partial charge in [0.2, 0.25) is 0 Å². The predicted molar refractivity (Wildman–Crippen MR) is 82.9 cm³/mol. The molecule has 0 aromatic heterocycles. The van der Waals surface area contributed by atoms with Gasteiger partial charge in [-0.05, 0) is 35.4 Å². The second-order valence-corrected chi connectivity index (χ2v) is 5.61. The van der Waals surface area contributed by atoms with Crippen LogP contribution in [0.25, 0.3) is 0 Å². The van der Waals surface area contributed by atoms with Crippen LogP contribution >= 0.6 is 0 Å². The van der Waals surface area contributed by atoms with Crippen molar-refractivity contribution >= 4 is 0 Å². The molecular formula is C18H20O4. The van der Waals surface area contributed by atoms with Crippen LogP contribution in [-0.2, 0) is 4.74 Å². The van der Waals surface area contributed by atoms with Gasteiger partial charge in [-0.3, -0.25) is 0 Å². The van der Waals surface area contributed by atoms with Crippen LogP contribution in [-0.4, -0.2) is 23.4 Å². The summed E-state index contributed by atoms with van der Waals surface area (Å²) >= 11 is 0. The van der Waals surface area contributed by atoms with E-state index >= 15 is 0 Å². The Kier molecular flexibility index (Phi) is 4.32. The highest BCUT2D eigenvalue weighted by molar-refractivity contribution is 5.31. The monoisotopic (exact) mass is 300 g/mol. The highest BCUT2D eigenvalue weighted by Crippen LogP contribution is 2.39. The number of aliphatic hydroxyl groups is 1. The summed E-state index contributed by atoms with van der Waals surface area (Å²) in [7, 11) is 1.63. The Morgan fingerprint density at radius 1 is 1.00 bits per heavy atom. The van der Waals surface area contributed by atoms with Crippen LogP contribution in [0.1, 0.15) is 36.2 Å². The number of benzene rings is 2. The third-order valence-electron chi connectivity index (χ3n) is 4.03. The molecule has 116 valence electrons. The molecule has 0 bridgehead atoms. The molecule has 0 saturated carbocycles. The van der Waals surface area contributed by atoms with Crippen molar-refractivity contribution in [3.8, 4) is 11.5 Å². The fourth-order valence-corrected chi connectivity index (χ4v) is 2.86. The molecule has 0 spiro atoms. The average molecular weight is 300 g/mol. The molecule has 1 heterocycles. The van der Waals surface area contributed by atoms with Gasteiger partial charge >= 0.3 is 0 Å². The predicted octanol–water partition coefficient (Wildman–Crippen LogP) is 3.35. The van der Waals surface area contributed by atoms with E-state index in [-0.39, 0.29) is 18.0 Å². The largest absolute Gasteiger partial charge is 0.508 e. The lowest BCUT2D eigenvalue weighted by molar-refractivity contribution is -0.0999. The summed E-state index contributed by atoms with van der Waals surface area (Å²) < 4.78 is 11.4. The molecule has 1 fully saturated rings. The van der Waals surface area contributed by atoms with Crippen LogP contribution in [0.2, 0.25) is 0 Å². The van der Waals surface area contributed by atoms with Crippen LogP contribution in [0.3, 0.4) is 0 Å². The maximum Gasteiger partial charge on any atom is 0.119 e. The molecule has 3 rings (SSSR count). The number of aliphatic hydroxyl groups excluding tert-OH is 1. The van der Waals surface area contributed by atoms with E-state index in [4.69, 9.17) is 9.47 Å². The molecular weight excluding hydrogens is 280 g/mol. The number of methoxy groups -OCH3 is 1. The van der Waals surface area contributed by atoms with Crippen LogP contribution in [0.15, 0.2) is 48.5 Å². The third kappa shape index (κ3) is 3.24. The van der Waals surface area contributed by atoms with Gasteiger partial charge in [-0.15, -0.1) is 0 Å². The molecule has 4 nitrogen and oxygen atoms in total. The first-order chi connectivity index (χ1) is 10.7. The number of aromatic hydroxyl groups is 1.